The number of carbonyl (C=O) groups excluding carboxylic acids is 2. The number of halogens is 3. The molecule has 11 heteroatoms. The van der Waals surface area contributed by atoms with Gasteiger partial charge in [-0.25, -0.2) is 4.98 Å². The molecule has 0 aliphatic carbocycles. The van der Waals surface area contributed by atoms with Gasteiger partial charge >= 0.3 is 6.61 Å². The normalized spacial score (nSPS) is 11.9. The monoisotopic (exact) mass is 466 g/mol. The van der Waals surface area contributed by atoms with Gasteiger partial charge in [-0.3, -0.25) is 9.59 Å². The van der Waals surface area contributed by atoms with Gasteiger partial charge in [0.25, 0.3) is 0 Å². The zero-order valence-corrected chi connectivity index (χ0v) is 17.7. The molecule has 0 saturated carbocycles. The van der Waals surface area contributed by atoms with Gasteiger partial charge in [0.2, 0.25) is 11.7 Å². The van der Waals surface area contributed by atoms with Crippen LogP contribution >= 0.6 is 22.9 Å². The molecule has 0 spiro atoms. The summed E-state index contributed by atoms with van der Waals surface area (Å²) >= 11 is 6.87. The minimum atomic E-state index is -3.10. The van der Waals surface area contributed by atoms with E-state index in [0.717, 1.165) is 11.3 Å². The molecule has 0 bridgehead atoms. The maximum atomic E-state index is 12.8. The maximum absolute atomic E-state index is 12.8. The van der Waals surface area contributed by atoms with Crippen molar-refractivity contribution in [1.29, 1.82) is 0 Å². The van der Waals surface area contributed by atoms with E-state index in [-0.39, 0.29) is 38.1 Å². The van der Waals surface area contributed by atoms with E-state index in [1.54, 1.807) is 30.3 Å². The number of anilines is 3. The Morgan fingerprint density at radius 1 is 1.19 bits per heavy atom. The predicted octanol–water partition coefficient (Wildman–Crippen LogP) is 4.22. The Morgan fingerprint density at radius 3 is 2.48 bits per heavy atom. The molecule has 2 aromatic carbocycles. The molecule has 4 N–H and O–H groups in total. The van der Waals surface area contributed by atoms with Gasteiger partial charge in [0, 0.05) is 17.3 Å². The summed E-state index contributed by atoms with van der Waals surface area (Å²) in [6.07, 6.45) is 0. The van der Waals surface area contributed by atoms with Crippen molar-refractivity contribution in [2.45, 2.75) is 19.6 Å². The number of hydrogen-bond acceptors (Lipinski definition) is 7. The summed E-state index contributed by atoms with van der Waals surface area (Å²) in [6.45, 7) is -1.60. The first-order chi connectivity index (χ1) is 14.7. The standard InChI is InChI=1S/C20H17ClF2N4O3S/c1-10(18(25)29)27(12-7-8-13(21)14(9-12)30-19(22)23)20-26-17(24)16(31-20)15(28)11-5-3-2-4-6-11/h2-10,19H,24H2,1H3,(H2,25,29)/t10-/m1/s1. The highest BCUT2D eigenvalue weighted by molar-refractivity contribution is 7.18. The Labute approximate surface area is 185 Å². The van der Waals surface area contributed by atoms with Crippen molar-refractivity contribution in [3.63, 3.8) is 0 Å². The molecule has 162 valence electrons. The number of rotatable bonds is 8. The van der Waals surface area contributed by atoms with Crippen LogP contribution in [0, 0.1) is 0 Å². The van der Waals surface area contributed by atoms with E-state index in [1.807, 2.05) is 0 Å². The zero-order valence-electron chi connectivity index (χ0n) is 16.1. The largest absolute Gasteiger partial charge is 0.433 e. The van der Waals surface area contributed by atoms with E-state index in [2.05, 4.69) is 9.72 Å². The predicted molar refractivity (Wildman–Crippen MR) is 115 cm³/mol. The number of primary amides is 1. The second-order valence-electron chi connectivity index (χ2n) is 6.35. The van der Waals surface area contributed by atoms with E-state index in [1.165, 1.54) is 30.0 Å². The number of hydrogen-bond donors (Lipinski definition) is 2. The summed E-state index contributed by atoms with van der Waals surface area (Å²) in [5.41, 5.74) is 12.1. The minimum Gasteiger partial charge on any atom is -0.433 e. The Kier molecular flexibility index (Phi) is 6.71. The molecule has 0 aliphatic heterocycles. The Morgan fingerprint density at radius 2 is 1.87 bits per heavy atom. The molecule has 1 amide bonds. The van der Waals surface area contributed by atoms with Gasteiger partial charge in [-0.1, -0.05) is 53.3 Å². The lowest BCUT2D eigenvalue weighted by atomic mass is 10.1. The van der Waals surface area contributed by atoms with Gasteiger partial charge in [-0.2, -0.15) is 8.78 Å². The second-order valence-corrected chi connectivity index (χ2v) is 7.73. The fourth-order valence-corrected chi connectivity index (χ4v) is 3.97. The number of nitrogens with zero attached hydrogens (tertiary/aromatic N) is 2. The first kappa shape index (κ1) is 22.4. The smallest absolute Gasteiger partial charge is 0.387 e. The molecular weight excluding hydrogens is 450 g/mol. The van der Waals surface area contributed by atoms with Crippen LogP contribution in [0.25, 0.3) is 0 Å². The molecule has 0 fully saturated rings. The Hall–Kier alpha value is -3.24. The summed E-state index contributed by atoms with van der Waals surface area (Å²) < 4.78 is 29.9. The SMILES string of the molecule is C[C@H](C(N)=O)N(c1ccc(Cl)c(OC(F)F)c1)c1nc(N)c(C(=O)c2ccccc2)s1. The fraction of sp³-hybridized carbons (Fsp3) is 0.150. The molecule has 3 aromatic rings. The van der Waals surface area contributed by atoms with Gasteiger partial charge in [0.1, 0.15) is 22.5 Å². The van der Waals surface area contributed by atoms with Crippen molar-refractivity contribution in [2.75, 3.05) is 10.6 Å². The molecule has 0 unspecified atom stereocenters. The lowest BCUT2D eigenvalue weighted by Gasteiger charge is -2.27. The van der Waals surface area contributed by atoms with Gasteiger partial charge in [-0.05, 0) is 19.1 Å². The summed E-state index contributed by atoms with van der Waals surface area (Å²) in [5.74, 6) is -1.38. The molecular formula is C20H17ClF2N4O3S. The average Bonchev–Trinajstić information content (AvgIpc) is 3.11. The Bertz CT molecular complexity index is 1110. The first-order valence-corrected chi connectivity index (χ1v) is 10.1. The lowest BCUT2D eigenvalue weighted by molar-refractivity contribution is -0.118. The van der Waals surface area contributed by atoms with Crippen LogP contribution in [0.3, 0.4) is 0 Å². The number of alkyl halides is 2. The third kappa shape index (κ3) is 4.92. The van der Waals surface area contributed by atoms with Crippen molar-refractivity contribution in [2.24, 2.45) is 5.73 Å². The molecule has 7 nitrogen and oxygen atoms in total. The molecule has 1 aromatic heterocycles. The van der Waals surface area contributed by atoms with E-state index < -0.39 is 18.6 Å². The lowest BCUT2D eigenvalue weighted by Crippen LogP contribution is -2.40. The van der Waals surface area contributed by atoms with Crippen LogP contribution in [0.4, 0.5) is 25.4 Å². The van der Waals surface area contributed by atoms with Gasteiger partial charge < -0.3 is 21.1 Å². The minimum absolute atomic E-state index is 0.0338. The first-order valence-electron chi connectivity index (χ1n) is 8.88. The molecule has 0 aliphatic rings. The zero-order chi connectivity index (χ0) is 22.7. The fourth-order valence-electron chi connectivity index (χ4n) is 2.76. The van der Waals surface area contributed by atoms with E-state index in [4.69, 9.17) is 23.1 Å². The number of carbonyl (C=O) groups is 2. The van der Waals surface area contributed by atoms with E-state index in [0.29, 0.717) is 5.56 Å². The van der Waals surface area contributed by atoms with Crippen LogP contribution in [0.1, 0.15) is 22.2 Å². The number of nitrogen functional groups attached to an aromatic ring is 1. The highest BCUT2D eigenvalue weighted by Crippen LogP contribution is 2.39. The number of amides is 1. The number of thiazole rings is 1. The number of nitrogens with two attached hydrogens (primary N) is 2. The molecule has 1 heterocycles. The Balaban J connectivity index is 2.07. The van der Waals surface area contributed by atoms with Crippen molar-refractivity contribution in [3.8, 4) is 5.75 Å². The van der Waals surface area contributed by atoms with Gasteiger partial charge in [0.05, 0.1) is 5.02 Å². The van der Waals surface area contributed by atoms with Gasteiger partial charge in [0.15, 0.2) is 5.13 Å². The number of ketones is 1. The summed E-state index contributed by atoms with van der Waals surface area (Å²) in [6, 6.07) is 11.6. The molecule has 0 radical (unpaired) electrons. The van der Waals surface area contributed by atoms with Crippen molar-refractivity contribution in [1.82, 2.24) is 4.98 Å². The molecule has 1 atom stereocenters. The van der Waals surface area contributed by atoms with Crippen LogP contribution in [-0.2, 0) is 4.79 Å². The van der Waals surface area contributed by atoms with E-state index in [9.17, 15) is 18.4 Å². The number of aromatic nitrogens is 1. The summed E-state index contributed by atoms with van der Waals surface area (Å²) in [4.78, 5) is 30.5. The van der Waals surface area contributed by atoms with Crippen molar-refractivity contribution >= 4 is 51.3 Å². The van der Waals surface area contributed by atoms with Crippen molar-refractivity contribution in [3.05, 3.63) is 64.0 Å². The maximum Gasteiger partial charge on any atom is 0.387 e. The second kappa shape index (κ2) is 9.27. The highest BCUT2D eigenvalue weighted by Gasteiger charge is 2.28. The third-order valence-electron chi connectivity index (χ3n) is 4.30. The van der Waals surface area contributed by atoms with Gasteiger partial charge in [-0.15, -0.1) is 0 Å². The van der Waals surface area contributed by atoms with Crippen LogP contribution in [0.5, 0.6) is 5.75 Å². The molecule has 31 heavy (non-hydrogen) atoms. The highest BCUT2D eigenvalue weighted by atomic mass is 35.5. The van der Waals surface area contributed by atoms with Crippen LogP contribution in [0.2, 0.25) is 5.02 Å². The van der Waals surface area contributed by atoms with Crippen LogP contribution < -0.4 is 21.1 Å². The molecule has 3 rings (SSSR count). The summed E-state index contributed by atoms with van der Waals surface area (Å²) in [7, 11) is 0. The van der Waals surface area contributed by atoms with Crippen LogP contribution in [0.15, 0.2) is 48.5 Å². The quantitative estimate of drug-likeness (QED) is 0.481. The number of benzene rings is 2. The average molecular weight is 467 g/mol. The van der Waals surface area contributed by atoms with Crippen LogP contribution in [-0.4, -0.2) is 29.3 Å². The topological polar surface area (TPSA) is 112 Å². The third-order valence-corrected chi connectivity index (χ3v) is 5.68. The van der Waals surface area contributed by atoms with E-state index >= 15 is 0 Å². The number of ether oxygens (including phenoxy) is 1. The van der Waals surface area contributed by atoms with Crippen molar-refractivity contribution < 1.29 is 23.1 Å². The molecule has 0 saturated heterocycles. The summed E-state index contributed by atoms with van der Waals surface area (Å²) in [5, 5.41) is 0.128.